The first-order chi connectivity index (χ1) is 12.6. The Morgan fingerprint density at radius 2 is 1.22 bits per heavy atom. The summed E-state index contributed by atoms with van der Waals surface area (Å²) in [6.07, 6.45) is 0. The molecule has 6 nitrogen and oxygen atoms in total. The van der Waals surface area contributed by atoms with Crippen LogP contribution in [0.4, 0.5) is 11.4 Å². The first-order valence-electron chi connectivity index (χ1n) is 7.58. The van der Waals surface area contributed by atoms with E-state index in [1.165, 1.54) is 0 Å². The van der Waals surface area contributed by atoms with Crippen LogP contribution in [0.5, 0.6) is 5.75 Å². The number of rotatable bonds is 5. The van der Waals surface area contributed by atoms with Crippen molar-refractivity contribution in [2.24, 2.45) is 13.5 Å². The fourth-order valence-electron chi connectivity index (χ4n) is 2.21. The van der Waals surface area contributed by atoms with Gasteiger partial charge in [0.1, 0.15) is 5.75 Å². The fraction of sp³-hybridized carbons (Fsp3) is 0.143. The van der Waals surface area contributed by atoms with Crippen molar-refractivity contribution >= 4 is 75.7 Å². The number of ether oxygens (including phenoxy) is 1. The van der Waals surface area contributed by atoms with Gasteiger partial charge in [0.05, 0.1) is 7.11 Å². The number of nitrogens with zero attached hydrogens (tertiary/aromatic N) is 3. The number of benzene rings is 2. The summed E-state index contributed by atoms with van der Waals surface area (Å²) < 4.78 is 18.2. The van der Waals surface area contributed by atoms with Crippen LogP contribution in [0.3, 0.4) is 0 Å². The van der Waals surface area contributed by atoms with Crippen LogP contribution in [0, 0.1) is 6.92 Å². The molecule has 2 atom stereocenters. The minimum Gasteiger partial charge on any atom is -0.497 e. The molecule has 3 rings (SSSR count). The van der Waals surface area contributed by atoms with Crippen LogP contribution >= 0.6 is 64.3 Å². The molecule has 1 aliphatic rings. The van der Waals surface area contributed by atoms with Crippen LogP contribution in [0.2, 0.25) is 0 Å². The van der Waals surface area contributed by atoms with E-state index in [9.17, 15) is 0 Å². The molecule has 27 heavy (non-hydrogen) atoms. The average molecular weight is 505 g/mol. The Kier molecular flexibility index (Phi) is 6.50. The molecular weight excluding hydrogens is 489 g/mol. The van der Waals surface area contributed by atoms with Gasteiger partial charge >= 0.3 is 0 Å². The van der Waals surface area contributed by atoms with E-state index in [-0.39, 0.29) is 0 Å². The lowest BCUT2D eigenvalue weighted by Crippen LogP contribution is -1.95. The van der Waals surface area contributed by atoms with Crippen molar-refractivity contribution in [1.29, 1.82) is 0 Å². The smallest absolute Gasteiger partial charge is 0.262 e. The minimum absolute atomic E-state index is 0.695. The standard InChI is InChI=1S/C14H16Cl4N5OP3/c1-11-3-5-12(6-4-11)19-26(17)21-25(15,16)22-27(18,23-26)20-13-7-9-14(24-2)10-8-13/h3-10,19-20H,1-2H3/t26-,27-/m0/s1. The second kappa shape index (κ2) is 8.20. The van der Waals surface area contributed by atoms with E-state index in [2.05, 4.69) is 23.7 Å². The number of aryl methyl sites for hydroxylation is 1. The molecule has 0 amide bonds. The molecule has 2 aromatic carbocycles. The third-order valence-electron chi connectivity index (χ3n) is 3.37. The highest BCUT2D eigenvalue weighted by Gasteiger charge is 2.33. The second-order valence-corrected chi connectivity index (χ2v) is 17.4. The number of methoxy groups -OCH3 is 1. The van der Waals surface area contributed by atoms with Gasteiger partial charge in [0.25, 0.3) is 19.3 Å². The maximum atomic E-state index is 6.68. The summed E-state index contributed by atoms with van der Waals surface area (Å²) in [6, 6.07) is 14.8. The van der Waals surface area contributed by atoms with Gasteiger partial charge in [0.2, 0.25) is 0 Å². The molecule has 146 valence electrons. The summed E-state index contributed by atoms with van der Waals surface area (Å²) in [5, 5.41) is 6.23. The zero-order valence-electron chi connectivity index (χ0n) is 14.2. The third-order valence-corrected chi connectivity index (χ3v) is 15.3. The predicted molar refractivity (Wildman–Crippen MR) is 123 cm³/mol. The number of hydrogen-bond acceptors (Lipinski definition) is 6. The third kappa shape index (κ3) is 5.84. The van der Waals surface area contributed by atoms with Crippen molar-refractivity contribution in [3.8, 4) is 5.75 Å². The molecule has 0 radical (unpaired) electrons. The van der Waals surface area contributed by atoms with Crippen molar-refractivity contribution in [2.75, 3.05) is 17.3 Å². The average Bonchev–Trinajstić information content (AvgIpc) is 2.55. The van der Waals surface area contributed by atoms with Crippen molar-refractivity contribution in [1.82, 2.24) is 0 Å². The van der Waals surface area contributed by atoms with Gasteiger partial charge in [-0.25, -0.2) is 0 Å². The molecule has 0 saturated heterocycles. The van der Waals surface area contributed by atoms with Crippen LogP contribution < -0.4 is 14.9 Å². The summed E-state index contributed by atoms with van der Waals surface area (Å²) in [5.41, 5.74) is 2.56. The summed E-state index contributed by atoms with van der Waals surface area (Å²) in [5.74, 6) is -2.38. The van der Waals surface area contributed by atoms with Gasteiger partial charge in [-0.1, -0.05) is 17.7 Å². The molecule has 0 aliphatic carbocycles. The Morgan fingerprint density at radius 1 is 0.741 bits per heavy atom. The van der Waals surface area contributed by atoms with Crippen molar-refractivity contribution in [3.05, 3.63) is 54.1 Å². The van der Waals surface area contributed by atoms with Crippen LogP contribution in [0.25, 0.3) is 0 Å². The van der Waals surface area contributed by atoms with Crippen LogP contribution in [0.1, 0.15) is 5.56 Å². The van der Waals surface area contributed by atoms with Crippen molar-refractivity contribution in [2.45, 2.75) is 6.92 Å². The summed E-state index contributed by atoms with van der Waals surface area (Å²) in [4.78, 5) is 0. The molecule has 1 aliphatic heterocycles. The molecular formula is C14H16Cl4N5OP3. The van der Waals surface area contributed by atoms with E-state index in [0.29, 0.717) is 11.4 Å². The predicted octanol–water partition coefficient (Wildman–Crippen LogP) is 9.34. The van der Waals surface area contributed by atoms with E-state index in [1.807, 2.05) is 31.2 Å². The van der Waals surface area contributed by atoms with E-state index < -0.39 is 19.3 Å². The maximum Gasteiger partial charge on any atom is 0.262 e. The lowest BCUT2D eigenvalue weighted by atomic mass is 10.2. The first kappa shape index (κ1) is 21.4. The largest absolute Gasteiger partial charge is 0.497 e. The summed E-state index contributed by atoms with van der Waals surface area (Å²) in [6.45, 7) is -4.03. The maximum absolute atomic E-state index is 6.68. The SMILES string of the molecule is COc1ccc(N[P@]2(Cl)=N[P@@](Cl)(Nc3ccc(C)cc3)=NP(Cl)(Cl)=N2)cc1. The number of anilines is 2. The fourth-order valence-corrected chi connectivity index (χ4v) is 18.0. The summed E-state index contributed by atoms with van der Waals surface area (Å²) in [7, 11) is 1.59. The van der Waals surface area contributed by atoms with Gasteiger partial charge in [0, 0.05) is 11.4 Å². The van der Waals surface area contributed by atoms with E-state index in [0.717, 1.165) is 11.3 Å². The Labute approximate surface area is 177 Å². The topological polar surface area (TPSA) is 70.4 Å². The van der Waals surface area contributed by atoms with Gasteiger partial charge in [-0.2, -0.15) is 13.5 Å². The minimum atomic E-state index is -3.09. The molecule has 0 fully saturated rings. The van der Waals surface area contributed by atoms with Gasteiger partial charge in [-0.15, -0.1) is 0 Å². The van der Waals surface area contributed by atoms with E-state index in [1.54, 1.807) is 31.4 Å². The van der Waals surface area contributed by atoms with E-state index >= 15 is 0 Å². The highest BCUT2D eigenvalue weighted by molar-refractivity contribution is 8.18. The Morgan fingerprint density at radius 3 is 1.74 bits per heavy atom. The normalized spacial score (nSPS) is 26.1. The zero-order valence-corrected chi connectivity index (χ0v) is 19.9. The molecule has 0 aromatic heterocycles. The van der Waals surface area contributed by atoms with Gasteiger partial charge in [-0.05, 0) is 88.3 Å². The first-order valence-corrected chi connectivity index (χ1v) is 16.3. The van der Waals surface area contributed by atoms with Gasteiger partial charge in [-0.3, -0.25) is 0 Å². The quantitative estimate of drug-likeness (QED) is 0.398. The molecule has 0 spiro atoms. The molecule has 2 N–H and O–H groups in total. The van der Waals surface area contributed by atoms with Gasteiger partial charge < -0.3 is 14.9 Å². The lowest BCUT2D eigenvalue weighted by Gasteiger charge is -2.26. The number of halogens is 4. The molecule has 1 heterocycles. The Bertz CT molecular complexity index is 1000. The highest BCUT2D eigenvalue weighted by Crippen LogP contribution is 2.84. The highest BCUT2D eigenvalue weighted by atomic mass is 35.9. The molecule has 0 saturated carbocycles. The Balaban J connectivity index is 1.97. The van der Waals surface area contributed by atoms with Crippen molar-refractivity contribution < 1.29 is 4.74 Å². The van der Waals surface area contributed by atoms with Crippen LogP contribution in [0.15, 0.2) is 62.1 Å². The molecule has 0 unspecified atom stereocenters. The zero-order chi connectivity index (χ0) is 19.7. The number of hydrogen-bond donors (Lipinski definition) is 2. The lowest BCUT2D eigenvalue weighted by molar-refractivity contribution is 0.415. The molecule has 2 aromatic rings. The Hall–Kier alpha value is -0.310. The number of nitrogens with one attached hydrogen (secondary N) is 2. The molecule has 0 bridgehead atoms. The molecule has 13 heteroatoms. The monoisotopic (exact) mass is 503 g/mol. The second-order valence-electron chi connectivity index (χ2n) is 5.59. The summed E-state index contributed by atoms with van der Waals surface area (Å²) >= 11 is 26.0. The van der Waals surface area contributed by atoms with Crippen molar-refractivity contribution in [3.63, 3.8) is 0 Å². The van der Waals surface area contributed by atoms with E-state index in [4.69, 9.17) is 49.7 Å². The van der Waals surface area contributed by atoms with Crippen LogP contribution in [-0.4, -0.2) is 7.11 Å². The van der Waals surface area contributed by atoms with Crippen LogP contribution in [-0.2, 0) is 0 Å². The van der Waals surface area contributed by atoms with Gasteiger partial charge in [0.15, 0.2) is 0 Å².